The van der Waals surface area contributed by atoms with E-state index in [1.165, 1.54) is 76.0 Å². The maximum atomic E-state index is 12.1. The molecular weight excluding hydrogens is 392 g/mol. The molecule has 0 spiro atoms. The van der Waals surface area contributed by atoms with Gasteiger partial charge in [-0.05, 0) is 43.4 Å². The first-order valence-corrected chi connectivity index (χ1v) is 12.1. The predicted molar refractivity (Wildman–Crippen MR) is 124 cm³/mol. The Bertz CT molecular complexity index is 648. The highest BCUT2D eigenvalue weighted by Crippen LogP contribution is 2.19. The molecular formula is C26H40O5. The van der Waals surface area contributed by atoms with Crippen LogP contribution < -0.4 is 0 Å². The van der Waals surface area contributed by atoms with E-state index in [0.717, 1.165) is 12.8 Å². The van der Waals surface area contributed by atoms with Gasteiger partial charge < -0.3 is 10.2 Å². The summed E-state index contributed by atoms with van der Waals surface area (Å²) in [7, 11) is 0. The van der Waals surface area contributed by atoms with Crippen molar-refractivity contribution in [3.05, 3.63) is 34.9 Å². The lowest BCUT2D eigenvalue weighted by Crippen LogP contribution is -2.10. The zero-order valence-electron chi connectivity index (χ0n) is 19.2. The molecule has 5 nitrogen and oxygen atoms in total. The number of carboxylic acid groups (broad SMARTS) is 2. The van der Waals surface area contributed by atoms with Crippen LogP contribution in [0.25, 0.3) is 0 Å². The summed E-state index contributed by atoms with van der Waals surface area (Å²) in [5, 5.41) is 18.6. The number of carboxylic acids is 2. The number of ketones is 1. The number of Topliss-reactive ketones (excluding diaryl/α,β-unsaturated/α-hetero) is 1. The fourth-order valence-electron chi connectivity index (χ4n) is 3.99. The average Bonchev–Trinajstić information content (AvgIpc) is 2.74. The van der Waals surface area contributed by atoms with E-state index in [0.29, 0.717) is 37.7 Å². The van der Waals surface area contributed by atoms with E-state index in [4.69, 9.17) is 0 Å². The highest BCUT2D eigenvalue weighted by Gasteiger charge is 2.17. The van der Waals surface area contributed by atoms with Gasteiger partial charge in [-0.25, -0.2) is 9.59 Å². The Hall–Kier alpha value is -2.17. The number of carbonyl (C=O) groups excluding carboxylic acids is 1. The van der Waals surface area contributed by atoms with Gasteiger partial charge in [-0.1, -0.05) is 77.2 Å². The minimum Gasteiger partial charge on any atom is -0.478 e. The van der Waals surface area contributed by atoms with Crippen LogP contribution in [0.5, 0.6) is 0 Å². The van der Waals surface area contributed by atoms with Crippen LogP contribution in [0.3, 0.4) is 0 Å². The van der Waals surface area contributed by atoms with Crippen molar-refractivity contribution in [3.8, 4) is 0 Å². The number of aromatic carboxylic acids is 2. The molecule has 0 aliphatic rings. The molecule has 0 fully saturated rings. The van der Waals surface area contributed by atoms with Crippen molar-refractivity contribution in [2.75, 3.05) is 0 Å². The summed E-state index contributed by atoms with van der Waals surface area (Å²) in [6.07, 6.45) is 16.6. The Labute approximate surface area is 187 Å². The Kier molecular flexibility index (Phi) is 14.3. The number of benzene rings is 1. The Balaban J connectivity index is 2.14. The normalized spacial score (nSPS) is 10.9. The third kappa shape index (κ3) is 11.7. The van der Waals surface area contributed by atoms with Crippen molar-refractivity contribution >= 4 is 17.7 Å². The fraction of sp³-hybridized carbons (Fsp3) is 0.654. The highest BCUT2D eigenvalue weighted by molar-refractivity contribution is 5.96. The third-order valence-corrected chi connectivity index (χ3v) is 5.83. The van der Waals surface area contributed by atoms with E-state index in [1.54, 1.807) is 0 Å². The van der Waals surface area contributed by atoms with Gasteiger partial charge in [-0.15, -0.1) is 0 Å². The lowest BCUT2D eigenvalue weighted by molar-refractivity contribution is -0.119. The summed E-state index contributed by atoms with van der Waals surface area (Å²) >= 11 is 0. The Morgan fingerprint density at radius 3 is 1.52 bits per heavy atom. The molecule has 174 valence electrons. The molecule has 0 saturated carbocycles. The van der Waals surface area contributed by atoms with E-state index in [-0.39, 0.29) is 16.9 Å². The molecule has 0 aliphatic heterocycles. The van der Waals surface area contributed by atoms with Gasteiger partial charge in [-0.3, -0.25) is 4.79 Å². The van der Waals surface area contributed by atoms with Crippen LogP contribution in [0.1, 0.15) is 130 Å². The lowest BCUT2D eigenvalue weighted by Gasteiger charge is -2.09. The minimum atomic E-state index is -1.12. The molecule has 0 amide bonds. The lowest BCUT2D eigenvalue weighted by atomic mass is 9.95. The van der Waals surface area contributed by atoms with E-state index in [9.17, 15) is 24.6 Å². The van der Waals surface area contributed by atoms with Crippen molar-refractivity contribution in [3.63, 3.8) is 0 Å². The number of carbonyl (C=O) groups is 3. The standard InChI is InChI=1S/C26H40O5/c1-2-3-4-5-6-7-8-9-10-11-12-16-21(27)17-13-14-18-22-23(25(28)29)19-15-20-24(22)26(30)31/h15,19-20H,2-14,16-18H2,1H3,(H,28,29)(H,30,31). The van der Waals surface area contributed by atoms with Gasteiger partial charge in [0.2, 0.25) is 0 Å². The summed E-state index contributed by atoms with van der Waals surface area (Å²) in [5.74, 6) is -1.99. The molecule has 1 aromatic rings. The van der Waals surface area contributed by atoms with Crippen molar-refractivity contribution in [1.29, 1.82) is 0 Å². The molecule has 0 unspecified atom stereocenters. The van der Waals surface area contributed by atoms with Gasteiger partial charge in [0.1, 0.15) is 5.78 Å². The molecule has 31 heavy (non-hydrogen) atoms. The Morgan fingerprint density at radius 1 is 0.645 bits per heavy atom. The van der Waals surface area contributed by atoms with Crippen LogP contribution in [0.15, 0.2) is 18.2 Å². The van der Waals surface area contributed by atoms with Gasteiger partial charge in [-0.2, -0.15) is 0 Å². The smallest absolute Gasteiger partial charge is 0.335 e. The summed E-state index contributed by atoms with van der Waals surface area (Å²) in [6, 6.07) is 4.32. The summed E-state index contributed by atoms with van der Waals surface area (Å²) in [6.45, 7) is 2.24. The summed E-state index contributed by atoms with van der Waals surface area (Å²) in [4.78, 5) is 34.8. The number of unbranched alkanes of at least 4 members (excludes halogenated alkanes) is 11. The van der Waals surface area contributed by atoms with E-state index in [1.807, 2.05) is 0 Å². The van der Waals surface area contributed by atoms with E-state index >= 15 is 0 Å². The zero-order chi connectivity index (χ0) is 22.9. The van der Waals surface area contributed by atoms with Crippen LogP contribution in [-0.4, -0.2) is 27.9 Å². The molecule has 1 aromatic carbocycles. The largest absolute Gasteiger partial charge is 0.478 e. The second-order valence-corrected chi connectivity index (χ2v) is 8.47. The minimum absolute atomic E-state index is 0.0344. The number of rotatable bonds is 19. The van der Waals surface area contributed by atoms with Crippen LogP contribution in [0, 0.1) is 0 Å². The van der Waals surface area contributed by atoms with Gasteiger partial charge in [0.25, 0.3) is 0 Å². The first-order chi connectivity index (χ1) is 15.0. The van der Waals surface area contributed by atoms with Gasteiger partial charge in [0.15, 0.2) is 0 Å². The summed E-state index contributed by atoms with van der Waals surface area (Å²) < 4.78 is 0. The molecule has 0 bridgehead atoms. The van der Waals surface area contributed by atoms with Gasteiger partial charge in [0, 0.05) is 12.8 Å². The van der Waals surface area contributed by atoms with Crippen LogP contribution in [0.2, 0.25) is 0 Å². The van der Waals surface area contributed by atoms with Crippen LogP contribution in [-0.2, 0) is 11.2 Å². The SMILES string of the molecule is CCCCCCCCCCCCCC(=O)CCCCc1c(C(=O)O)cccc1C(=O)O. The molecule has 0 radical (unpaired) electrons. The second-order valence-electron chi connectivity index (χ2n) is 8.47. The molecule has 0 atom stereocenters. The van der Waals surface area contributed by atoms with E-state index < -0.39 is 11.9 Å². The number of hydrogen-bond donors (Lipinski definition) is 2. The molecule has 0 aromatic heterocycles. The average molecular weight is 433 g/mol. The van der Waals surface area contributed by atoms with Crippen molar-refractivity contribution < 1.29 is 24.6 Å². The van der Waals surface area contributed by atoms with E-state index in [2.05, 4.69) is 6.92 Å². The van der Waals surface area contributed by atoms with Crippen LogP contribution in [0.4, 0.5) is 0 Å². The molecule has 2 N–H and O–H groups in total. The maximum Gasteiger partial charge on any atom is 0.335 e. The van der Waals surface area contributed by atoms with Crippen molar-refractivity contribution in [1.82, 2.24) is 0 Å². The fourth-order valence-corrected chi connectivity index (χ4v) is 3.99. The monoisotopic (exact) mass is 432 g/mol. The first-order valence-electron chi connectivity index (χ1n) is 12.1. The highest BCUT2D eigenvalue weighted by atomic mass is 16.4. The molecule has 0 saturated heterocycles. The molecule has 0 aliphatic carbocycles. The number of hydrogen-bond acceptors (Lipinski definition) is 3. The third-order valence-electron chi connectivity index (χ3n) is 5.83. The topological polar surface area (TPSA) is 91.7 Å². The predicted octanol–water partition coefficient (Wildman–Crippen LogP) is 7.07. The summed E-state index contributed by atoms with van der Waals surface area (Å²) in [5.41, 5.74) is 0.416. The van der Waals surface area contributed by atoms with Crippen molar-refractivity contribution in [2.45, 2.75) is 110 Å². The van der Waals surface area contributed by atoms with Gasteiger partial charge in [0.05, 0.1) is 11.1 Å². The first kappa shape index (κ1) is 26.9. The second kappa shape index (κ2) is 16.5. The Morgan fingerprint density at radius 2 is 1.06 bits per heavy atom. The quantitative estimate of drug-likeness (QED) is 0.228. The zero-order valence-corrected chi connectivity index (χ0v) is 19.2. The molecule has 1 rings (SSSR count). The van der Waals surface area contributed by atoms with Crippen LogP contribution >= 0.6 is 0 Å². The molecule has 5 heteroatoms. The maximum absolute atomic E-state index is 12.1. The molecule has 0 heterocycles. The van der Waals surface area contributed by atoms with Crippen molar-refractivity contribution in [2.24, 2.45) is 0 Å². The van der Waals surface area contributed by atoms with Gasteiger partial charge >= 0.3 is 11.9 Å².